The van der Waals surface area contributed by atoms with Crippen LogP contribution in [0.15, 0.2) is 47.5 Å². The van der Waals surface area contributed by atoms with Gasteiger partial charge in [0.25, 0.3) is 5.92 Å². The summed E-state index contributed by atoms with van der Waals surface area (Å²) in [7, 11) is 3.16. The number of likely N-dealkylation sites (tertiary alicyclic amines) is 1. The molecule has 0 spiro atoms. The summed E-state index contributed by atoms with van der Waals surface area (Å²) in [6.45, 7) is 3.96. The van der Waals surface area contributed by atoms with E-state index in [9.17, 15) is 4.79 Å². The molecule has 178 valence electrons. The van der Waals surface area contributed by atoms with Gasteiger partial charge in [0.15, 0.2) is 0 Å². The van der Waals surface area contributed by atoms with Crippen LogP contribution >= 0.6 is 0 Å². The van der Waals surface area contributed by atoms with Crippen LogP contribution in [-0.4, -0.2) is 56.2 Å². The summed E-state index contributed by atoms with van der Waals surface area (Å²) in [5.74, 6) is -2.55. The summed E-state index contributed by atoms with van der Waals surface area (Å²) in [5.41, 5.74) is 2.90. The highest BCUT2D eigenvalue weighted by Gasteiger charge is 2.47. The van der Waals surface area contributed by atoms with E-state index in [4.69, 9.17) is 4.74 Å². The molecule has 0 aliphatic carbocycles. The lowest BCUT2D eigenvalue weighted by atomic mass is 9.98. The van der Waals surface area contributed by atoms with Crippen LogP contribution in [0.5, 0.6) is 5.88 Å². The predicted molar refractivity (Wildman–Crippen MR) is 128 cm³/mol. The first-order chi connectivity index (χ1) is 16.2. The first-order valence-electron chi connectivity index (χ1n) is 11.3. The highest BCUT2D eigenvalue weighted by atomic mass is 19.3. The summed E-state index contributed by atoms with van der Waals surface area (Å²) < 4.78 is 38.7. The first kappa shape index (κ1) is 22.5. The number of rotatable bonds is 4. The normalized spacial score (nSPS) is 18.7. The van der Waals surface area contributed by atoms with Crippen molar-refractivity contribution in [2.75, 3.05) is 20.2 Å². The van der Waals surface area contributed by atoms with E-state index < -0.39 is 17.7 Å². The van der Waals surface area contributed by atoms with Crippen molar-refractivity contribution < 1.29 is 13.5 Å². The molecule has 4 aromatic rings. The van der Waals surface area contributed by atoms with Crippen molar-refractivity contribution in [3.63, 3.8) is 0 Å². The molecule has 4 heterocycles. The number of methoxy groups -OCH3 is 1. The minimum atomic E-state index is -3.05. The zero-order valence-electron chi connectivity index (χ0n) is 19.6. The third-order valence-corrected chi connectivity index (χ3v) is 6.83. The van der Waals surface area contributed by atoms with Crippen LogP contribution in [0.1, 0.15) is 26.3 Å². The van der Waals surface area contributed by atoms with E-state index in [0.717, 1.165) is 11.1 Å². The maximum absolute atomic E-state index is 15.5. The molecule has 0 amide bonds. The lowest BCUT2D eigenvalue weighted by Crippen LogP contribution is -2.52. The number of halogens is 2. The van der Waals surface area contributed by atoms with Gasteiger partial charge in [-0.05, 0) is 44.0 Å². The number of ether oxygens (including phenoxy) is 1. The zero-order valence-corrected chi connectivity index (χ0v) is 19.6. The molecule has 0 unspecified atom stereocenters. The monoisotopic (exact) mass is 467 g/mol. The largest absolute Gasteiger partial charge is 0.481 e. The lowest BCUT2D eigenvalue weighted by molar-refractivity contribution is -0.109. The smallest absolute Gasteiger partial charge is 0.329 e. The van der Waals surface area contributed by atoms with Gasteiger partial charge in [-0.25, -0.2) is 18.6 Å². The van der Waals surface area contributed by atoms with E-state index >= 15 is 8.78 Å². The third kappa shape index (κ3) is 3.55. The number of aromatic nitrogens is 4. The number of alkyl halides is 2. The van der Waals surface area contributed by atoms with E-state index in [1.54, 1.807) is 37.5 Å². The van der Waals surface area contributed by atoms with E-state index in [1.165, 1.54) is 9.13 Å². The van der Waals surface area contributed by atoms with Crippen LogP contribution in [0.4, 0.5) is 8.78 Å². The van der Waals surface area contributed by atoms with Gasteiger partial charge >= 0.3 is 5.69 Å². The summed E-state index contributed by atoms with van der Waals surface area (Å²) in [5, 5.41) is 0.658. The number of pyridine rings is 2. The van der Waals surface area contributed by atoms with E-state index in [1.807, 2.05) is 38.1 Å². The Bertz CT molecular complexity index is 1430. The van der Waals surface area contributed by atoms with Gasteiger partial charge in [0.1, 0.15) is 6.04 Å². The average Bonchev–Trinajstić information content (AvgIpc) is 3.08. The van der Waals surface area contributed by atoms with Crippen molar-refractivity contribution in [2.24, 2.45) is 7.05 Å². The number of imidazole rings is 1. The Morgan fingerprint density at radius 2 is 1.88 bits per heavy atom. The molecule has 1 saturated heterocycles. The van der Waals surface area contributed by atoms with Crippen LogP contribution in [0.3, 0.4) is 0 Å². The molecule has 5 rings (SSSR count). The van der Waals surface area contributed by atoms with Crippen LogP contribution in [-0.2, 0) is 7.05 Å². The fourth-order valence-corrected chi connectivity index (χ4v) is 4.88. The second-order valence-electron chi connectivity index (χ2n) is 9.15. The minimum absolute atomic E-state index is 0.0155. The molecule has 1 aliphatic heterocycles. The van der Waals surface area contributed by atoms with Crippen molar-refractivity contribution in [3.05, 3.63) is 53.2 Å². The topological polar surface area (TPSA) is 65.2 Å². The second-order valence-corrected chi connectivity index (χ2v) is 9.15. The van der Waals surface area contributed by atoms with E-state index in [0.29, 0.717) is 34.4 Å². The van der Waals surface area contributed by atoms with Gasteiger partial charge in [0.05, 0.1) is 36.4 Å². The quantitative estimate of drug-likeness (QED) is 0.449. The van der Waals surface area contributed by atoms with Gasteiger partial charge in [-0.3, -0.25) is 19.0 Å². The lowest BCUT2D eigenvalue weighted by Gasteiger charge is -2.40. The Kier molecular flexibility index (Phi) is 5.39. The van der Waals surface area contributed by atoms with Gasteiger partial charge in [-0.15, -0.1) is 0 Å². The fraction of sp³-hybridized carbons (Fsp3) is 0.400. The maximum atomic E-state index is 15.5. The van der Waals surface area contributed by atoms with Gasteiger partial charge in [-0.1, -0.05) is 6.07 Å². The number of nitrogens with zero attached hydrogens (tertiary/aromatic N) is 5. The maximum Gasteiger partial charge on any atom is 0.329 e. The van der Waals surface area contributed by atoms with Gasteiger partial charge < -0.3 is 4.74 Å². The fourth-order valence-electron chi connectivity index (χ4n) is 4.88. The number of piperidine rings is 1. The molecule has 0 saturated carbocycles. The minimum Gasteiger partial charge on any atom is -0.481 e. The number of fused-ring (bicyclic) bond motifs is 3. The molecule has 1 aliphatic rings. The van der Waals surface area contributed by atoms with Crippen molar-refractivity contribution in [1.82, 2.24) is 24.0 Å². The first-order valence-corrected chi connectivity index (χ1v) is 11.3. The second kappa shape index (κ2) is 8.16. The van der Waals surface area contributed by atoms with E-state index in [-0.39, 0.29) is 19.0 Å². The Morgan fingerprint density at radius 1 is 1.12 bits per heavy atom. The molecule has 0 N–H and O–H groups in total. The SMILES string of the molecule is COc1ccc(-c2ccc3ncc4c(c3c2)n([C@H]2CCN(C(C)C)CC2(F)F)c(=O)n4C)cn1. The summed E-state index contributed by atoms with van der Waals surface area (Å²) in [6.07, 6.45) is 3.48. The molecular formula is C25H27F2N5O2. The van der Waals surface area contributed by atoms with Gasteiger partial charge in [-0.2, -0.15) is 0 Å². The van der Waals surface area contributed by atoms with Crippen LogP contribution in [0.25, 0.3) is 33.1 Å². The number of hydrogen-bond acceptors (Lipinski definition) is 5. The molecule has 1 atom stereocenters. The van der Waals surface area contributed by atoms with Crippen molar-refractivity contribution in [3.8, 4) is 17.0 Å². The van der Waals surface area contributed by atoms with Crippen LogP contribution in [0.2, 0.25) is 0 Å². The average molecular weight is 468 g/mol. The van der Waals surface area contributed by atoms with Gasteiger partial charge in [0, 0.05) is 42.8 Å². The highest BCUT2D eigenvalue weighted by molar-refractivity contribution is 6.04. The predicted octanol–water partition coefficient (Wildman–Crippen LogP) is 4.25. The number of hydrogen-bond donors (Lipinski definition) is 0. The third-order valence-electron chi connectivity index (χ3n) is 6.83. The molecule has 0 bridgehead atoms. The van der Waals surface area contributed by atoms with E-state index in [2.05, 4.69) is 9.97 Å². The van der Waals surface area contributed by atoms with Crippen molar-refractivity contribution in [2.45, 2.75) is 38.3 Å². The molecular weight excluding hydrogens is 440 g/mol. The Morgan fingerprint density at radius 3 is 2.53 bits per heavy atom. The van der Waals surface area contributed by atoms with Gasteiger partial charge in [0.2, 0.25) is 5.88 Å². The summed E-state index contributed by atoms with van der Waals surface area (Å²) in [6, 6.07) is 8.08. The van der Waals surface area contributed by atoms with Crippen LogP contribution < -0.4 is 10.4 Å². The van der Waals surface area contributed by atoms with Crippen LogP contribution in [0, 0.1) is 0 Å². The molecule has 1 fully saturated rings. The standard InChI is InChI=1S/C25H27F2N5O2/c1-15(2)31-10-9-21(25(26,27)14-31)32-23-18-11-16(17-6-8-22(34-4)29-12-17)5-7-19(18)28-13-20(23)30(3)24(32)33/h5-8,11-13,15,21H,9-10,14H2,1-4H3/t21-/m0/s1. The Labute approximate surface area is 195 Å². The number of aryl methyl sites for hydroxylation is 1. The summed E-state index contributed by atoms with van der Waals surface area (Å²) in [4.78, 5) is 23.8. The molecule has 1 aromatic carbocycles. The zero-order chi connectivity index (χ0) is 24.2. The summed E-state index contributed by atoms with van der Waals surface area (Å²) >= 11 is 0. The van der Waals surface area contributed by atoms with Crippen molar-refractivity contribution in [1.29, 1.82) is 0 Å². The molecule has 7 nitrogen and oxygen atoms in total. The van der Waals surface area contributed by atoms with Crippen molar-refractivity contribution >= 4 is 21.9 Å². The Balaban J connectivity index is 1.71. The molecule has 3 aromatic heterocycles. The number of benzene rings is 1. The molecule has 9 heteroatoms. The highest BCUT2D eigenvalue weighted by Crippen LogP contribution is 2.39. The Hall–Kier alpha value is -3.33. The molecule has 0 radical (unpaired) electrons. The molecule has 34 heavy (non-hydrogen) atoms.